The number of rotatable bonds is 7. The summed E-state index contributed by atoms with van der Waals surface area (Å²) in [5, 5.41) is 2.87. The van der Waals surface area contributed by atoms with E-state index in [9.17, 15) is 18.0 Å². The highest BCUT2D eigenvalue weighted by molar-refractivity contribution is 7.89. The zero-order valence-corrected chi connectivity index (χ0v) is 20.4. The predicted octanol–water partition coefficient (Wildman–Crippen LogP) is 2.60. The summed E-state index contributed by atoms with van der Waals surface area (Å²) in [6.45, 7) is 6.78. The summed E-state index contributed by atoms with van der Waals surface area (Å²) in [6.07, 6.45) is 0.515. The monoisotopic (exact) mass is 473 g/mol. The van der Waals surface area contributed by atoms with E-state index in [1.807, 2.05) is 39.0 Å². The molecular formula is C24H31N3O5S. The van der Waals surface area contributed by atoms with Crippen LogP contribution in [0.5, 0.6) is 0 Å². The maximum atomic E-state index is 13.2. The van der Waals surface area contributed by atoms with Gasteiger partial charge in [0.15, 0.2) is 0 Å². The Labute approximate surface area is 195 Å². The van der Waals surface area contributed by atoms with Crippen molar-refractivity contribution in [3.05, 3.63) is 58.7 Å². The molecule has 8 nitrogen and oxygen atoms in total. The highest BCUT2D eigenvalue weighted by Gasteiger charge is 2.29. The van der Waals surface area contributed by atoms with E-state index in [2.05, 4.69) is 5.32 Å². The Balaban J connectivity index is 1.79. The zero-order chi connectivity index (χ0) is 24.2. The summed E-state index contributed by atoms with van der Waals surface area (Å²) >= 11 is 0. The molecule has 0 saturated carbocycles. The zero-order valence-electron chi connectivity index (χ0n) is 19.6. The van der Waals surface area contributed by atoms with Gasteiger partial charge in [-0.25, -0.2) is 8.42 Å². The average Bonchev–Trinajstić information content (AvgIpc) is 2.81. The molecule has 1 fully saturated rings. The number of sulfonamides is 1. The molecule has 2 aromatic carbocycles. The molecule has 9 heteroatoms. The first-order chi connectivity index (χ1) is 15.6. The van der Waals surface area contributed by atoms with Crippen molar-refractivity contribution in [1.29, 1.82) is 0 Å². The van der Waals surface area contributed by atoms with E-state index < -0.39 is 15.9 Å². The number of nitrogens with one attached hydrogen (secondary N) is 1. The highest BCUT2D eigenvalue weighted by Crippen LogP contribution is 2.24. The van der Waals surface area contributed by atoms with E-state index in [1.165, 1.54) is 22.3 Å². The Morgan fingerprint density at radius 2 is 1.73 bits per heavy atom. The van der Waals surface area contributed by atoms with E-state index in [-0.39, 0.29) is 36.0 Å². The predicted molar refractivity (Wildman–Crippen MR) is 127 cm³/mol. The molecule has 0 spiro atoms. The quantitative estimate of drug-likeness (QED) is 0.667. The van der Waals surface area contributed by atoms with Crippen LogP contribution in [0.4, 0.5) is 5.69 Å². The number of carbonyl (C=O) groups is 2. The number of amides is 2. The fourth-order valence-corrected chi connectivity index (χ4v) is 5.57. The normalized spacial score (nSPS) is 14.7. The number of likely N-dealkylation sites (N-methyl/N-ethyl adjacent to an activating group) is 1. The average molecular weight is 474 g/mol. The minimum absolute atomic E-state index is 0.131. The Kier molecular flexibility index (Phi) is 7.88. The van der Waals surface area contributed by atoms with Crippen molar-refractivity contribution < 1.29 is 22.7 Å². The smallest absolute Gasteiger partial charge is 0.254 e. The molecule has 1 N–H and O–H groups in total. The van der Waals surface area contributed by atoms with Gasteiger partial charge in [-0.3, -0.25) is 9.59 Å². The summed E-state index contributed by atoms with van der Waals surface area (Å²) in [5.74, 6) is -0.748. The first-order valence-electron chi connectivity index (χ1n) is 11.0. The van der Waals surface area contributed by atoms with Gasteiger partial charge in [0, 0.05) is 31.4 Å². The number of carbonyl (C=O) groups excluding carboxylic acids is 2. The molecule has 33 heavy (non-hydrogen) atoms. The summed E-state index contributed by atoms with van der Waals surface area (Å²) in [7, 11) is -2.23. The molecule has 178 valence electrons. The molecule has 1 heterocycles. The van der Waals surface area contributed by atoms with Gasteiger partial charge < -0.3 is 15.0 Å². The van der Waals surface area contributed by atoms with Gasteiger partial charge >= 0.3 is 0 Å². The second-order valence-corrected chi connectivity index (χ2v) is 10.1. The Morgan fingerprint density at radius 1 is 1.09 bits per heavy atom. The van der Waals surface area contributed by atoms with Crippen molar-refractivity contribution in [2.75, 3.05) is 45.2 Å². The van der Waals surface area contributed by atoms with Crippen molar-refractivity contribution >= 4 is 27.5 Å². The van der Waals surface area contributed by atoms with Crippen LogP contribution in [0.15, 0.2) is 41.3 Å². The number of aryl methyl sites for hydroxylation is 3. The van der Waals surface area contributed by atoms with Gasteiger partial charge in [-0.15, -0.1) is 0 Å². The van der Waals surface area contributed by atoms with Crippen LogP contribution in [0.1, 0.15) is 34.0 Å². The van der Waals surface area contributed by atoms with E-state index >= 15 is 0 Å². The number of para-hydroxylation sites is 1. The topological polar surface area (TPSA) is 96.0 Å². The molecular weight excluding hydrogens is 442 g/mol. The molecule has 1 aliphatic heterocycles. The second-order valence-electron chi connectivity index (χ2n) is 8.17. The molecule has 0 atom stereocenters. The highest BCUT2D eigenvalue weighted by atomic mass is 32.2. The Morgan fingerprint density at radius 3 is 2.33 bits per heavy atom. The molecule has 0 aromatic heterocycles. The lowest BCUT2D eigenvalue weighted by Gasteiger charge is -2.27. The SMILES string of the molecule is CCc1ccc(C(=O)N(C)CC(=O)Nc2c(C)cccc2C)cc1S(=O)(=O)N1CCOCC1. The molecule has 0 bridgehead atoms. The maximum absolute atomic E-state index is 13.2. The van der Waals surface area contributed by atoms with Crippen molar-refractivity contribution in [3.63, 3.8) is 0 Å². The molecule has 0 aliphatic carbocycles. The molecule has 2 amide bonds. The Hall–Kier alpha value is -2.75. The third-order valence-electron chi connectivity index (χ3n) is 5.76. The van der Waals surface area contributed by atoms with Gasteiger partial charge in [0.25, 0.3) is 5.91 Å². The molecule has 1 saturated heterocycles. The van der Waals surface area contributed by atoms with Crippen LogP contribution in [0.3, 0.4) is 0 Å². The summed E-state index contributed by atoms with van der Waals surface area (Å²) in [4.78, 5) is 27.0. The number of morpholine rings is 1. The lowest BCUT2D eigenvalue weighted by Crippen LogP contribution is -2.41. The van der Waals surface area contributed by atoms with Gasteiger partial charge in [0.05, 0.1) is 24.7 Å². The van der Waals surface area contributed by atoms with Crippen LogP contribution >= 0.6 is 0 Å². The minimum atomic E-state index is -3.76. The number of ether oxygens (including phenoxy) is 1. The Bertz CT molecular complexity index is 1120. The van der Waals surface area contributed by atoms with Gasteiger partial charge in [0.2, 0.25) is 15.9 Å². The summed E-state index contributed by atoms with van der Waals surface area (Å²) in [6, 6.07) is 10.4. The van der Waals surface area contributed by atoms with E-state index in [1.54, 1.807) is 12.1 Å². The minimum Gasteiger partial charge on any atom is -0.379 e. The van der Waals surface area contributed by atoms with Crippen LogP contribution in [-0.4, -0.2) is 69.3 Å². The van der Waals surface area contributed by atoms with Crippen molar-refractivity contribution in [2.45, 2.75) is 32.1 Å². The number of hydrogen-bond acceptors (Lipinski definition) is 5. The van der Waals surface area contributed by atoms with Crippen LogP contribution in [0.2, 0.25) is 0 Å². The molecule has 2 aromatic rings. The first kappa shape index (κ1) is 24.9. The van der Waals surface area contributed by atoms with Crippen LogP contribution in [-0.2, 0) is 26.0 Å². The van der Waals surface area contributed by atoms with Gasteiger partial charge in [-0.2, -0.15) is 4.31 Å². The maximum Gasteiger partial charge on any atom is 0.254 e. The largest absolute Gasteiger partial charge is 0.379 e. The van der Waals surface area contributed by atoms with Crippen LogP contribution in [0, 0.1) is 13.8 Å². The van der Waals surface area contributed by atoms with Crippen LogP contribution in [0.25, 0.3) is 0 Å². The molecule has 3 rings (SSSR count). The fourth-order valence-electron chi connectivity index (χ4n) is 3.84. The molecule has 0 radical (unpaired) electrons. The van der Waals surface area contributed by atoms with Gasteiger partial charge in [-0.05, 0) is 49.1 Å². The third kappa shape index (κ3) is 5.61. The summed E-state index contributed by atoms with van der Waals surface area (Å²) in [5.41, 5.74) is 3.47. The van der Waals surface area contributed by atoms with Gasteiger partial charge in [-0.1, -0.05) is 31.2 Å². The van der Waals surface area contributed by atoms with Crippen molar-refractivity contribution in [3.8, 4) is 0 Å². The number of hydrogen-bond donors (Lipinski definition) is 1. The molecule has 1 aliphatic rings. The van der Waals surface area contributed by atoms with Crippen molar-refractivity contribution in [2.24, 2.45) is 0 Å². The first-order valence-corrected chi connectivity index (χ1v) is 12.4. The fraction of sp³-hybridized carbons (Fsp3) is 0.417. The lowest BCUT2D eigenvalue weighted by molar-refractivity contribution is -0.116. The number of benzene rings is 2. The van der Waals surface area contributed by atoms with E-state index in [0.717, 1.165) is 16.8 Å². The van der Waals surface area contributed by atoms with Crippen LogP contribution < -0.4 is 5.32 Å². The van der Waals surface area contributed by atoms with E-state index in [4.69, 9.17) is 4.74 Å². The van der Waals surface area contributed by atoms with E-state index in [0.29, 0.717) is 25.2 Å². The second kappa shape index (κ2) is 10.5. The van der Waals surface area contributed by atoms with Gasteiger partial charge in [0.1, 0.15) is 0 Å². The lowest BCUT2D eigenvalue weighted by atomic mass is 10.1. The summed E-state index contributed by atoms with van der Waals surface area (Å²) < 4.78 is 33.1. The number of anilines is 1. The van der Waals surface area contributed by atoms with Crippen molar-refractivity contribution in [1.82, 2.24) is 9.21 Å². The third-order valence-corrected chi connectivity index (χ3v) is 7.74. The molecule has 0 unspecified atom stereocenters. The number of nitrogens with zero attached hydrogens (tertiary/aromatic N) is 2. The standard InChI is InChI=1S/C24H31N3O5S/c1-5-19-9-10-20(15-21(19)33(30,31)27-11-13-32-14-12-27)24(29)26(4)16-22(28)25-23-17(2)7-6-8-18(23)3/h6-10,15H,5,11-14,16H2,1-4H3,(H,25,28).